The van der Waals surface area contributed by atoms with Gasteiger partial charge in [0, 0.05) is 18.4 Å². The van der Waals surface area contributed by atoms with Crippen LogP contribution in [0.4, 0.5) is 5.69 Å². The Labute approximate surface area is 109 Å². The van der Waals surface area contributed by atoms with Gasteiger partial charge in [-0.05, 0) is 17.7 Å². The maximum absolute atomic E-state index is 9.55. The number of hydrogen-bond donors (Lipinski definition) is 3. The fourth-order valence-electron chi connectivity index (χ4n) is 1.18. The number of rotatable bonds is 2. The lowest BCUT2D eigenvalue weighted by Crippen LogP contribution is -1.91. The molecule has 0 saturated carbocycles. The number of carboxylic acid groups (broad SMARTS) is 2. The normalized spacial score (nSPS) is 11.8. The van der Waals surface area contributed by atoms with Crippen molar-refractivity contribution in [1.82, 2.24) is 0 Å². The third-order valence-electron chi connectivity index (χ3n) is 1.95. The van der Waals surface area contributed by atoms with Gasteiger partial charge in [0.1, 0.15) is 0 Å². The first kappa shape index (κ1) is 14.2. The zero-order valence-corrected chi connectivity index (χ0v) is 9.85. The predicted molar refractivity (Wildman–Crippen MR) is 72.0 cm³/mol. The van der Waals surface area contributed by atoms with Gasteiger partial charge in [-0.1, -0.05) is 24.3 Å². The molecule has 1 aromatic carbocycles. The molecule has 2 rings (SSSR count). The lowest BCUT2D eigenvalue weighted by atomic mass is 10.2. The fourth-order valence-corrected chi connectivity index (χ4v) is 1.18. The number of para-hydroxylation sites is 1. The number of anilines is 1. The Balaban J connectivity index is 0.000000203. The van der Waals surface area contributed by atoms with Crippen LogP contribution in [-0.4, -0.2) is 28.4 Å². The summed E-state index contributed by atoms with van der Waals surface area (Å²) in [5.41, 5.74) is 5.16. The van der Waals surface area contributed by atoms with E-state index < -0.39 is 11.9 Å². The van der Waals surface area contributed by atoms with Gasteiger partial charge in [0.15, 0.2) is 0 Å². The predicted octanol–water partition coefficient (Wildman–Crippen LogP) is 1.82. The zero-order valence-electron chi connectivity index (χ0n) is 9.85. The molecule has 0 aromatic heterocycles. The molecule has 1 aliphatic heterocycles. The summed E-state index contributed by atoms with van der Waals surface area (Å²) < 4.78 is 0. The van der Waals surface area contributed by atoms with E-state index in [9.17, 15) is 9.59 Å². The quantitative estimate of drug-likeness (QED) is 0.704. The molecule has 0 aliphatic carbocycles. The first-order valence-electron chi connectivity index (χ1n) is 5.28. The molecule has 98 valence electrons. The molecule has 0 fully saturated rings. The molecule has 0 saturated heterocycles. The maximum Gasteiger partial charge on any atom is 0.328 e. The van der Waals surface area contributed by atoms with Crippen LogP contribution in [-0.2, 0) is 9.59 Å². The van der Waals surface area contributed by atoms with Crippen LogP contribution in [0.1, 0.15) is 5.56 Å². The molecule has 0 atom stereocenters. The van der Waals surface area contributed by atoms with Gasteiger partial charge >= 0.3 is 11.9 Å². The van der Waals surface area contributed by atoms with Crippen LogP contribution in [0.15, 0.2) is 47.6 Å². The lowest BCUT2D eigenvalue weighted by Gasteiger charge is -2.00. The van der Waals surface area contributed by atoms with E-state index in [2.05, 4.69) is 10.5 Å². The molecule has 0 bridgehead atoms. The summed E-state index contributed by atoms with van der Waals surface area (Å²) in [7, 11) is 0. The number of carbonyl (C=O) groups is 2. The van der Waals surface area contributed by atoms with Gasteiger partial charge in [-0.15, -0.1) is 0 Å². The molecule has 0 spiro atoms. The number of hydrogen-bond acceptors (Lipinski definition) is 4. The molecule has 3 N–H and O–H groups in total. The summed E-state index contributed by atoms with van der Waals surface area (Å²) in [6.07, 6.45) is 6.79. The Morgan fingerprint density at radius 1 is 1.11 bits per heavy atom. The Morgan fingerprint density at radius 2 is 1.74 bits per heavy atom. The molecule has 1 aromatic rings. The Morgan fingerprint density at radius 3 is 2.37 bits per heavy atom. The topological polar surface area (TPSA) is 99.0 Å². The minimum atomic E-state index is -1.26. The number of allylic oxidation sites excluding steroid dienone is 1. The van der Waals surface area contributed by atoms with Crippen molar-refractivity contribution in [1.29, 1.82) is 0 Å². The second-order valence-electron chi connectivity index (χ2n) is 3.35. The van der Waals surface area contributed by atoms with E-state index in [1.165, 1.54) is 5.56 Å². The number of aliphatic carboxylic acids is 2. The molecule has 19 heavy (non-hydrogen) atoms. The molecular weight excluding hydrogens is 248 g/mol. The fraction of sp³-hybridized carbons (Fsp3) is 0. The van der Waals surface area contributed by atoms with Crippen molar-refractivity contribution < 1.29 is 19.8 Å². The monoisotopic (exact) mass is 260 g/mol. The van der Waals surface area contributed by atoms with Crippen LogP contribution in [0, 0.1) is 0 Å². The van der Waals surface area contributed by atoms with Crippen LogP contribution in [0.25, 0.3) is 6.08 Å². The third kappa shape index (κ3) is 5.83. The highest BCUT2D eigenvalue weighted by molar-refractivity contribution is 5.89. The van der Waals surface area contributed by atoms with E-state index in [0.29, 0.717) is 12.2 Å². The van der Waals surface area contributed by atoms with Gasteiger partial charge in [0.25, 0.3) is 0 Å². The standard InChI is InChI=1S/C9H8N2.C4H4O4/c1-2-6-9-8(4-1)5-3-7-10-11-9;5-3(6)1-2-4(7)8/h1-7,11H;1-2H,(H,5,6)(H,7,8)/b;2-1-. The van der Waals surface area contributed by atoms with Crippen molar-refractivity contribution in [3.63, 3.8) is 0 Å². The Hall–Kier alpha value is -2.89. The molecular formula is C13H12N2O4. The molecule has 6 heteroatoms. The van der Waals surface area contributed by atoms with Crippen molar-refractivity contribution >= 4 is 29.9 Å². The number of carboxylic acids is 2. The molecule has 6 nitrogen and oxygen atoms in total. The molecule has 0 unspecified atom stereocenters. The van der Waals surface area contributed by atoms with E-state index in [1.807, 2.05) is 36.4 Å². The number of hydrazone groups is 1. The summed E-state index contributed by atoms with van der Waals surface area (Å²) in [5, 5.41) is 19.6. The van der Waals surface area contributed by atoms with Gasteiger partial charge in [-0.25, -0.2) is 9.59 Å². The molecule has 0 radical (unpaired) electrons. The lowest BCUT2D eigenvalue weighted by molar-refractivity contribution is -0.134. The van der Waals surface area contributed by atoms with Gasteiger partial charge in [0.2, 0.25) is 0 Å². The smallest absolute Gasteiger partial charge is 0.328 e. The van der Waals surface area contributed by atoms with Crippen molar-refractivity contribution in [3.05, 3.63) is 48.1 Å². The minimum absolute atomic E-state index is 0.558. The molecule has 0 amide bonds. The second-order valence-corrected chi connectivity index (χ2v) is 3.35. The van der Waals surface area contributed by atoms with E-state index in [-0.39, 0.29) is 0 Å². The van der Waals surface area contributed by atoms with E-state index in [1.54, 1.807) is 6.21 Å². The SMILES string of the molecule is C1=Cc2ccccc2NN=C1.O=C(O)/C=C\C(=O)O. The summed E-state index contributed by atoms with van der Waals surface area (Å²) in [6.45, 7) is 0. The highest BCUT2D eigenvalue weighted by atomic mass is 16.4. The van der Waals surface area contributed by atoms with Crippen LogP contribution in [0.3, 0.4) is 0 Å². The van der Waals surface area contributed by atoms with E-state index in [0.717, 1.165) is 5.69 Å². The van der Waals surface area contributed by atoms with Crippen LogP contribution < -0.4 is 5.43 Å². The number of nitrogens with zero attached hydrogens (tertiary/aromatic N) is 1. The van der Waals surface area contributed by atoms with Gasteiger partial charge in [-0.2, -0.15) is 5.10 Å². The number of benzene rings is 1. The first-order chi connectivity index (χ1) is 9.09. The van der Waals surface area contributed by atoms with Gasteiger partial charge in [-0.3, -0.25) is 5.43 Å². The average molecular weight is 260 g/mol. The summed E-state index contributed by atoms with van der Waals surface area (Å²) >= 11 is 0. The number of fused-ring (bicyclic) bond motifs is 1. The first-order valence-corrected chi connectivity index (χ1v) is 5.28. The van der Waals surface area contributed by atoms with E-state index >= 15 is 0 Å². The summed E-state index contributed by atoms with van der Waals surface area (Å²) in [5.74, 6) is -2.51. The van der Waals surface area contributed by atoms with Crippen molar-refractivity contribution in [2.45, 2.75) is 0 Å². The van der Waals surface area contributed by atoms with Gasteiger partial charge in [0.05, 0.1) is 5.69 Å². The highest BCUT2D eigenvalue weighted by Gasteiger charge is 1.96. The maximum atomic E-state index is 9.55. The highest BCUT2D eigenvalue weighted by Crippen LogP contribution is 2.17. The van der Waals surface area contributed by atoms with Crippen LogP contribution >= 0.6 is 0 Å². The molecule has 1 aliphatic rings. The van der Waals surface area contributed by atoms with Crippen molar-refractivity contribution in [3.8, 4) is 0 Å². The Kier molecular flexibility index (Phi) is 5.55. The largest absolute Gasteiger partial charge is 0.478 e. The molecule has 1 heterocycles. The third-order valence-corrected chi connectivity index (χ3v) is 1.95. The summed E-state index contributed by atoms with van der Waals surface area (Å²) in [4.78, 5) is 19.1. The zero-order chi connectivity index (χ0) is 14.1. The second kappa shape index (κ2) is 7.44. The summed E-state index contributed by atoms with van der Waals surface area (Å²) in [6, 6.07) is 8.05. The van der Waals surface area contributed by atoms with Crippen molar-refractivity contribution in [2.75, 3.05) is 5.43 Å². The van der Waals surface area contributed by atoms with Crippen LogP contribution in [0.2, 0.25) is 0 Å². The van der Waals surface area contributed by atoms with Crippen LogP contribution in [0.5, 0.6) is 0 Å². The van der Waals surface area contributed by atoms with Gasteiger partial charge < -0.3 is 10.2 Å². The van der Waals surface area contributed by atoms with Crippen molar-refractivity contribution in [2.24, 2.45) is 5.10 Å². The minimum Gasteiger partial charge on any atom is -0.478 e. The number of nitrogens with one attached hydrogen (secondary N) is 1. The Bertz CT molecular complexity index is 531. The average Bonchev–Trinajstić information content (AvgIpc) is 2.62. The van der Waals surface area contributed by atoms with E-state index in [4.69, 9.17) is 10.2 Å².